The maximum Gasteiger partial charge on any atom is 0.237 e. The minimum Gasteiger partial charge on any atom is -0.341 e. The van der Waals surface area contributed by atoms with Crippen LogP contribution in [0.2, 0.25) is 0 Å². The van der Waals surface area contributed by atoms with Crippen LogP contribution in [0.4, 0.5) is 0 Å². The molecule has 0 aliphatic carbocycles. The quantitative estimate of drug-likeness (QED) is 0.599. The second kappa shape index (κ2) is 9.30. The lowest BCUT2D eigenvalue weighted by molar-refractivity contribution is -0.127. The fourth-order valence-electron chi connectivity index (χ4n) is 2.35. The van der Waals surface area contributed by atoms with Crippen LogP contribution in [-0.2, 0) is 37.0 Å². The molecule has 0 bridgehead atoms. The number of benzene rings is 1. The maximum atomic E-state index is 12.1. The maximum absolute atomic E-state index is 12.1. The second-order valence-electron chi connectivity index (χ2n) is 6.18. The van der Waals surface area contributed by atoms with E-state index in [-0.39, 0.29) is 18.1 Å². The van der Waals surface area contributed by atoms with Crippen molar-refractivity contribution < 1.29 is 21.6 Å². The second-order valence-corrected chi connectivity index (χ2v) is 9.97. The molecule has 1 aromatic rings. The molecule has 9 heteroatoms. The average Bonchev–Trinajstić information content (AvgIpc) is 2.45. The zero-order chi connectivity index (χ0) is 19.1. The molecule has 0 fully saturated rings. The fraction of sp³-hybridized carbons (Fsp3) is 0.562. The van der Waals surface area contributed by atoms with Gasteiger partial charge in [-0.1, -0.05) is 44.0 Å². The van der Waals surface area contributed by atoms with Crippen molar-refractivity contribution in [3.63, 3.8) is 0 Å². The minimum atomic E-state index is -3.63. The first-order chi connectivity index (χ1) is 11.5. The summed E-state index contributed by atoms with van der Waals surface area (Å²) in [5.41, 5.74) is 1.23. The van der Waals surface area contributed by atoms with Crippen LogP contribution < -0.4 is 5.14 Å². The van der Waals surface area contributed by atoms with Crippen molar-refractivity contribution in [3.05, 3.63) is 35.4 Å². The lowest BCUT2D eigenvalue weighted by atomic mass is 10.1. The van der Waals surface area contributed by atoms with E-state index in [1.807, 2.05) is 6.92 Å². The summed E-state index contributed by atoms with van der Waals surface area (Å²) in [6.45, 7) is 2.18. The lowest BCUT2D eigenvalue weighted by Crippen LogP contribution is -2.33. The van der Waals surface area contributed by atoms with Gasteiger partial charge in [-0.25, -0.2) is 22.0 Å². The summed E-state index contributed by atoms with van der Waals surface area (Å²) in [5.74, 6) is -1.26. The first-order valence-corrected chi connectivity index (χ1v) is 11.6. The van der Waals surface area contributed by atoms with Crippen LogP contribution in [0.15, 0.2) is 24.3 Å². The highest BCUT2D eigenvalue weighted by molar-refractivity contribution is 7.92. The van der Waals surface area contributed by atoms with Crippen molar-refractivity contribution >= 4 is 25.8 Å². The largest absolute Gasteiger partial charge is 0.341 e. The van der Waals surface area contributed by atoms with E-state index >= 15 is 0 Å². The van der Waals surface area contributed by atoms with Crippen LogP contribution in [0.5, 0.6) is 0 Å². The Morgan fingerprint density at radius 1 is 1.12 bits per heavy atom. The molecule has 0 aliphatic heterocycles. The van der Waals surface area contributed by atoms with Gasteiger partial charge in [0.1, 0.15) is 5.75 Å². The molecule has 0 saturated carbocycles. The molecule has 0 saturated heterocycles. The Morgan fingerprint density at radius 3 is 2.36 bits per heavy atom. The van der Waals surface area contributed by atoms with Gasteiger partial charge in [0.25, 0.3) is 0 Å². The van der Waals surface area contributed by atoms with Gasteiger partial charge < -0.3 is 4.90 Å². The summed E-state index contributed by atoms with van der Waals surface area (Å²) in [5, 5.41) is 5.03. The third-order valence-electron chi connectivity index (χ3n) is 3.61. The fourth-order valence-corrected chi connectivity index (χ4v) is 4.38. The third kappa shape index (κ3) is 8.99. The molecule has 0 aromatic heterocycles. The van der Waals surface area contributed by atoms with Crippen LogP contribution in [-0.4, -0.2) is 46.2 Å². The third-order valence-corrected chi connectivity index (χ3v) is 5.94. The monoisotopic (exact) mass is 390 g/mol. The van der Waals surface area contributed by atoms with Gasteiger partial charge in [0, 0.05) is 13.6 Å². The molecular weight excluding hydrogens is 364 g/mol. The first kappa shape index (κ1) is 21.6. The lowest BCUT2D eigenvalue weighted by Gasteiger charge is -2.18. The van der Waals surface area contributed by atoms with Crippen LogP contribution in [0.25, 0.3) is 0 Å². The normalized spacial score (nSPS) is 12.1. The van der Waals surface area contributed by atoms with E-state index in [0.717, 1.165) is 12.8 Å². The molecule has 25 heavy (non-hydrogen) atoms. The van der Waals surface area contributed by atoms with Gasteiger partial charge >= 0.3 is 0 Å². The minimum absolute atomic E-state index is 0.0181. The Morgan fingerprint density at radius 2 is 1.76 bits per heavy atom. The van der Waals surface area contributed by atoms with Crippen molar-refractivity contribution in [2.75, 3.05) is 18.6 Å². The Hall–Kier alpha value is -1.45. The van der Waals surface area contributed by atoms with Crippen molar-refractivity contribution in [2.45, 2.75) is 38.5 Å². The van der Waals surface area contributed by atoms with E-state index in [9.17, 15) is 21.6 Å². The van der Waals surface area contributed by atoms with E-state index in [4.69, 9.17) is 5.14 Å². The highest BCUT2D eigenvalue weighted by Crippen LogP contribution is 2.11. The number of carbonyl (C=O) groups excluding carboxylic acids is 1. The van der Waals surface area contributed by atoms with Crippen LogP contribution in [0, 0.1) is 0 Å². The molecule has 0 radical (unpaired) electrons. The number of carbonyl (C=O) groups is 1. The van der Waals surface area contributed by atoms with Crippen LogP contribution in [0.3, 0.4) is 0 Å². The van der Waals surface area contributed by atoms with E-state index in [1.165, 1.54) is 11.9 Å². The molecule has 0 atom stereocenters. The van der Waals surface area contributed by atoms with Crippen molar-refractivity contribution in [1.29, 1.82) is 0 Å². The number of hydrogen-bond donors (Lipinski definition) is 1. The highest BCUT2D eigenvalue weighted by atomic mass is 32.2. The first-order valence-electron chi connectivity index (χ1n) is 8.05. The van der Waals surface area contributed by atoms with E-state index in [1.54, 1.807) is 24.3 Å². The standard InChI is InChI=1S/C16H26N2O5S2/c1-3-4-5-9-24(20,21)13-16(19)18(2)11-14-7-6-8-15(10-14)12-25(17,22)23/h6-8,10H,3-5,9,11-13H2,1-2H3,(H2,17,22,23). The molecular formula is C16H26N2O5S2. The molecule has 1 rings (SSSR count). The van der Waals surface area contributed by atoms with Gasteiger partial charge in [0.2, 0.25) is 15.9 Å². The molecule has 0 heterocycles. The molecule has 142 valence electrons. The summed E-state index contributed by atoms with van der Waals surface area (Å²) in [4.78, 5) is 13.5. The molecule has 1 aromatic carbocycles. The van der Waals surface area contributed by atoms with E-state index in [2.05, 4.69) is 0 Å². The van der Waals surface area contributed by atoms with Gasteiger partial charge in [-0.3, -0.25) is 4.79 Å². The summed E-state index contributed by atoms with van der Waals surface area (Å²) in [7, 11) is -5.52. The smallest absolute Gasteiger partial charge is 0.237 e. The Balaban J connectivity index is 2.67. The zero-order valence-electron chi connectivity index (χ0n) is 14.6. The molecule has 0 unspecified atom stereocenters. The van der Waals surface area contributed by atoms with Crippen LogP contribution in [0.1, 0.15) is 37.3 Å². The average molecular weight is 391 g/mol. The van der Waals surface area contributed by atoms with Gasteiger partial charge in [0.05, 0.1) is 11.5 Å². The molecule has 7 nitrogen and oxygen atoms in total. The SMILES string of the molecule is CCCCCS(=O)(=O)CC(=O)N(C)Cc1cccc(CS(N)(=O)=O)c1. The van der Waals surface area contributed by atoms with Gasteiger partial charge in [-0.05, 0) is 17.5 Å². The summed E-state index contributed by atoms with van der Waals surface area (Å²) >= 11 is 0. The Bertz CT molecular complexity index is 788. The van der Waals surface area contributed by atoms with Crippen molar-refractivity contribution in [2.24, 2.45) is 5.14 Å². The number of nitrogens with zero attached hydrogens (tertiary/aromatic N) is 1. The van der Waals surface area contributed by atoms with Crippen molar-refractivity contribution in [1.82, 2.24) is 4.90 Å². The zero-order valence-corrected chi connectivity index (χ0v) is 16.3. The number of primary sulfonamides is 1. The summed E-state index contributed by atoms with van der Waals surface area (Å²) < 4.78 is 46.2. The number of hydrogen-bond acceptors (Lipinski definition) is 5. The highest BCUT2D eigenvalue weighted by Gasteiger charge is 2.19. The van der Waals surface area contributed by atoms with Gasteiger partial charge in [0.15, 0.2) is 9.84 Å². The molecule has 1 amide bonds. The van der Waals surface area contributed by atoms with Crippen molar-refractivity contribution in [3.8, 4) is 0 Å². The molecule has 0 spiro atoms. The number of amides is 1. The van der Waals surface area contributed by atoms with Gasteiger partial charge in [-0.15, -0.1) is 0 Å². The molecule has 2 N–H and O–H groups in total. The Labute approximate surface area is 150 Å². The Kier molecular flexibility index (Phi) is 8.04. The summed E-state index contributed by atoms with van der Waals surface area (Å²) in [6.07, 6.45) is 2.30. The number of unbranched alkanes of at least 4 members (excludes halogenated alkanes) is 2. The number of nitrogens with two attached hydrogens (primary N) is 1. The predicted octanol–water partition coefficient (Wildman–Crippen LogP) is 1.04. The van der Waals surface area contributed by atoms with E-state index < -0.39 is 31.5 Å². The van der Waals surface area contributed by atoms with E-state index in [0.29, 0.717) is 17.5 Å². The number of sulfonamides is 1. The number of sulfone groups is 1. The summed E-state index contributed by atoms with van der Waals surface area (Å²) in [6, 6.07) is 6.69. The topological polar surface area (TPSA) is 115 Å². The predicted molar refractivity (Wildman–Crippen MR) is 97.9 cm³/mol. The van der Waals surface area contributed by atoms with Crippen LogP contribution >= 0.6 is 0 Å². The number of rotatable bonds is 10. The van der Waals surface area contributed by atoms with Gasteiger partial charge in [-0.2, -0.15) is 0 Å². The molecule has 0 aliphatic rings.